The van der Waals surface area contributed by atoms with Gasteiger partial charge in [-0.05, 0) is 19.3 Å². The van der Waals surface area contributed by atoms with E-state index in [-0.39, 0.29) is 0 Å². The van der Waals surface area contributed by atoms with Gasteiger partial charge in [-0.1, -0.05) is 12.2 Å². The van der Waals surface area contributed by atoms with E-state index < -0.39 is 0 Å². The summed E-state index contributed by atoms with van der Waals surface area (Å²) in [4.78, 5) is 4.24. The van der Waals surface area contributed by atoms with Gasteiger partial charge >= 0.3 is 0 Å². The highest BCUT2D eigenvalue weighted by Gasteiger charge is 2.08. The van der Waals surface area contributed by atoms with Crippen LogP contribution in [0.15, 0.2) is 23.0 Å². The number of nitrogens with zero attached hydrogens (tertiary/aromatic N) is 1. The predicted molar refractivity (Wildman–Crippen MR) is 55.7 cm³/mol. The van der Waals surface area contributed by atoms with Gasteiger partial charge in [0.05, 0.1) is 11.2 Å². The Kier molecular flexibility index (Phi) is 3.11. The summed E-state index contributed by atoms with van der Waals surface area (Å²) in [5.74, 6) is 0. The molecule has 70 valence electrons. The number of hydrogen-bond donors (Lipinski definition) is 1. The Labute approximate surface area is 82.7 Å². The monoisotopic (exact) mass is 194 g/mol. The molecule has 2 rings (SSSR count). The minimum absolute atomic E-state index is 0.659. The van der Waals surface area contributed by atoms with Crippen LogP contribution in [-0.2, 0) is 6.54 Å². The Morgan fingerprint density at radius 2 is 2.54 bits per heavy atom. The van der Waals surface area contributed by atoms with E-state index in [0.717, 1.165) is 6.54 Å². The van der Waals surface area contributed by atoms with Gasteiger partial charge in [0, 0.05) is 18.0 Å². The lowest BCUT2D eigenvalue weighted by molar-refractivity contribution is 0.472. The average Bonchev–Trinajstić information content (AvgIpc) is 2.69. The molecule has 1 aromatic heterocycles. The summed E-state index contributed by atoms with van der Waals surface area (Å²) < 4.78 is 0. The molecule has 0 aliphatic heterocycles. The van der Waals surface area contributed by atoms with Crippen molar-refractivity contribution in [1.82, 2.24) is 10.3 Å². The van der Waals surface area contributed by atoms with Crippen molar-refractivity contribution in [3.63, 3.8) is 0 Å². The number of rotatable bonds is 3. The van der Waals surface area contributed by atoms with Crippen molar-refractivity contribution in [2.45, 2.75) is 31.8 Å². The molecule has 3 heteroatoms. The first-order chi connectivity index (χ1) is 6.45. The van der Waals surface area contributed by atoms with Crippen molar-refractivity contribution in [3.8, 4) is 0 Å². The van der Waals surface area contributed by atoms with E-state index in [9.17, 15) is 0 Å². The third-order valence-electron chi connectivity index (χ3n) is 2.32. The Bertz CT molecular complexity index is 266. The molecule has 1 aliphatic carbocycles. The predicted octanol–water partition coefficient (Wildman–Crippen LogP) is 2.34. The third-order valence-corrected chi connectivity index (χ3v) is 2.96. The van der Waals surface area contributed by atoms with E-state index in [2.05, 4.69) is 27.8 Å². The molecule has 0 aromatic carbocycles. The summed E-state index contributed by atoms with van der Waals surface area (Å²) >= 11 is 1.66. The zero-order valence-corrected chi connectivity index (χ0v) is 8.39. The van der Waals surface area contributed by atoms with Gasteiger partial charge in [0.25, 0.3) is 0 Å². The largest absolute Gasteiger partial charge is 0.308 e. The third kappa shape index (κ3) is 2.64. The van der Waals surface area contributed by atoms with Crippen LogP contribution >= 0.6 is 11.3 Å². The quantitative estimate of drug-likeness (QED) is 0.747. The average molecular weight is 194 g/mol. The van der Waals surface area contributed by atoms with Crippen LogP contribution in [0.3, 0.4) is 0 Å². The smallest absolute Gasteiger partial charge is 0.0795 e. The van der Waals surface area contributed by atoms with E-state index in [4.69, 9.17) is 0 Å². The lowest BCUT2D eigenvalue weighted by Crippen LogP contribution is -2.29. The van der Waals surface area contributed by atoms with E-state index in [0.29, 0.717) is 6.04 Å². The number of hydrogen-bond acceptors (Lipinski definition) is 3. The highest BCUT2D eigenvalue weighted by molar-refractivity contribution is 7.07. The topological polar surface area (TPSA) is 24.9 Å². The first-order valence-electron chi connectivity index (χ1n) is 4.70. The lowest BCUT2D eigenvalue weighted by atomic mass is 10.0. The Morgan fingerprint density at radius 3 is 3.23 bits per heavy atom. The maximum Gasteiger partial charge on any atom is 0.0795 e. The summed E-state index contributed by atoms with van der Waals surface area (Å²) in [5.41, 5.74) is 3.05. The van der Waals surface area contributed by atoms with E-state index in [1.54, 1.807) is 11.3 Å². The van der Waals surface area contributed by atoms with Crippen LogP contribution in [0.2, 0.25) is 0 Å². The molecular weight excluding hydrogens is 180 g/mol. The molecule has 0 fully saturated rings. The standard InChI is InChI=1S/C10H14N2S/c1-2-4-9(5-3-1)11-6-10-7-13-8-12-10/h1-2,7-9,11H,3-6H2. The molecule has 1 heterocycles. The molecule has 0 amide bonds. The number of nitrogens with one attached hydrogen (secondary N) is 1. The minimum atomic E-state index is 0.659. The molecule has 13 heavy (non-hydrogen) atoms. The van der Waals surface area contributed by atoms with Crippen molar-refractivity contribution in [2.24, 2.45) is 0 Å². The van der Waals surface area contributed by atoms with Crippen molar-refractivity contribution < 1.29 is 0 Å². The van der Waals surface area contributed by atoms with Crippen LogP contribution in [0.4, 0.5) is 0 Å². The summed E-state index contributed by atoms with van der Waals surface area (Å²) in [6.07, 6.45) is 8.18. The molecule has 0 saturated carbocycles. The van der Waals surface area contributed by atoms with Crippen LogP contribution in [0.1, 0.15) is 25.0 Å². The van der Waals surface area contributed by atoms with Gasteiger partial charge in [-0.15, -0.1) is 11.3 Å². The number of thiazole rings is 1. The van der Waals surface area contributed by atoms with Crippen molar-refractivity contribution in [2.75, 3.05) is 0 Å². The normalized spacial score (nSPS) is 22.0. The zero-order valence-electron chi connectivity index (χ0n) is 7.57. The van der Waals surface area contributed by atoms with Gasteiger partial charge in [-0.3, -0.25) is 0 Å². The Balaban J connectivity index is 1.76. The van der Waals surface area contributed by atoms with Crippen molar-refractivity contribution >= 4 is 11.3 Å². The van der Waals surface area contributed by atoms with Gasteiger partial charge in [0.1, 0.15) is 0 Å². The molecule has 0 radical (unpaired) electrons. The highest BCUT2D eigenvalue weighted by Crippen LogP contribution is 2.11. The van der Waals surface area contributed by atoms with Crippen LogP contribution in [-0.4, -0.2) is 11.0 Å². The molecule has 2 nitrogen and oxygen atoms in total. The van der Waals surface area contributed by atoms with Crippen molar-refractivity contribution in [3.05, 3.63) is 28.7 Å². The summed E-state index contributed by atoms with van der Waals surface area (Å²) in [7, 11) is 0. The zero-order chi connectivity index (χ0) is 8.93. The van der Waals surface area contributed by atoms with Crippen molar-refractivity contribution in [1.29, 1.82) is 0 Å². The van der Waals surface area contributed by atoms with Gasteiger partial charge < -0.3 is 5.32 Å². The van der Waals surface area contributed by atoms with E-state index in [1.165, 1.54) is 25.0 Å². The van der Waals surface area contributed by atoms with Gasteiger partial charge in [0.15, 0.2) is 0 Å². The molecule has 0 saturated heterocycles. The fourth-order valence-electron chi connectivity index (χ4n) is 1.55. The van der Waals surface area contributed by atoms with Crippen LogP contribution in [0.5, 0.6) is 0 Å². The second kappa shape index (κ2) is 4.53. The van der Waals surface area contributed by atoms with E-state index in [1.807, 2.05) is 5.51 Å². The second-order valence-corrected chi connectivity index (χ2v) is 4.06. The maximum absolute atomic E-state index is 4.24. The Hall–Kier alpha value is -0.670. The molecule has 0 bridgehead atoms. The minimum Gasteiger partial charge on any atom is -0.308 e. The van der Waals surface area contributed by atoms with E-state index >= 15 is 0 Å². The molecule has 1 aliphatic rings. The summed E-state index contributed by atoms with van der Waals surface area (Å²) in [5, 5.41) is 5.62. The summed E-state index contributed by atoms with van der Waals surface area (Å²) in [6, 6.07) is 0.659. The number of aromatic nitrogens is 1. The van der Waals surface area contributed by atoms with Gasteiger partial charge in [-0.2, -0.15) is 0 Å². The van der Waals surface area contributed by atoms with Gasteiger partial charge in [0.2, 0.25) is 0 Å². The second-order valence-electron chi connectivity index (χ2n) is 3.34. The SMILES string of the molecule is C1=CCC(NCc2cscn2)CC1. The molecule has 1 N–H and O–H groups in total. The van der Waals surface area contributed by atoms with Crippen LogP contribution in [0, 0.1) is 0 Å². The molecule has 1 aromatic rings. The van der Waals surface area contributed by atoms with Gasteiger partial charge in [-0.25, -0.2) is 4.98 Å². The Morgan fingerprint density at radius 1 is 1.54 bits per heavy atom. The maximum atomic E-state index is 4.24. The number of allylic oxidation sites excluding steroid dienone is 1. The molecular formula is C10H14N2S. The molecule has 1 unspecified atom stereocenters. The van der Waals surface area contributed by atoms with Crippen LogP contribution < -0.4 is 5.32 Å². The summed E-state index contributed by atoms with van der Waals surface area (Å²) in [6.45, 7) is 0.919. The lowest BCUT2D eigenvalue weighted by Gasteiger charge is -2.18. The molecule has 1 atom stereocenters. The highest BCUT2D eigenvalue weighted by atomic mass is 32.1. The van der Waals surface area contributed by atoms with Crippen LogP contribution in [0.25, 0.3) is 0 Å². The fraction of sp³-hybridized carbons (Fsp3) is 0.500. The fourth-order valence-corrected chi connectivity index (χ4v) is 2.11. The first kappa shape index (κ1) is 8.91. The molecule has 0 spiro atoms. The first-order valence-corrected chi connectivity index (χ1v) is 5.65.